The number of aliphatic carboxylic acids is 1. The van der Waals surface area contributed by atoms with Gasteiger partial charge in [0.25, 0.3) is 0 Å². The zero-order chi connectivity index (χ0) is 13.7. The van der Waals surface area contributed by atoms with Crippen LogP contribution in [0.4, 0.5) is 0 Å². The van der Waals surface area contributed by atoms with E-state index in [1.54, 1.807) is 12.1 Å². The summed E-state index contributed by atoms with van der Waals surface area (Å²) in [6, 6.07) is 6.97. The standard InChI is InChI=1S/C14H18ClNO3/c15-11-4-1-5-12(10-11)19-9-3-8-16-7-2-6-13(16)14(17)18/h1,4-5,10,13H,2-3,6-9H2,(H,17,18). The van der Waals surface area contributed by atoms with E-state index in [1.165, 1.54) is 0 Å². The molecule has 1 N–H and O–H groups in total. The largest absolute Gasteiger partial charge is 0.493 e. The first-order chi connectivity index (χ1) is 9.16. The Morgan fingerprint density at radius 3 is 3.11 bits per heavy atom. The summed E-state index contributed by atoms with van der Waals surface area (Å²) in [5, 5.41) is 9.72. The molecule has 5 heteroatoms. The minimum atomic E-state index is -0.715. The van der Waals surface area contributed by atoms with Gasteiger partial charge >= 0.3 is 5.97 Å². The van der Waals surface area contributed by atoms with Crippen LogP contribution in [0, 0.1) is 0 Å². The van der Waals surface area contributed by atoms with Crippen LogP contribution in [-0.2, 0) is 4.79 Å². The predicted molar refractivity (Wildman–Crippen MR) is 73.8 cm³/mol. The lowest BCUT2D eigenvalue weighted by Crippen LogP contribution is -2.36. The Morgan fingerprint density at radius 1 is 1.53 bits per heavy atom. The Kier molecular flexibility index (Phi) is 5.05. The first-order valence-electron chi connectivity index (χ1n) is 6.52. The maximum atomic E-state index is 11.0. The van der Waals surface area contributed by atoms with Gasteiger partial charge in [0, 0.05) is 11.6 Å². The average molecular weight is 284 g/mol. The fraction of sp³-hybridized carbons (Fsp3) is 0.500. The van der Waals surface area contributed by atoms with Crippen molar-refractivity contribution >= 4 is 17.6 Å². The summed E-state index contributed by atoms with van der Waals surface area (Å²) in [7, 11) is 0. The topological polar surface area (TPSA) is 49.8 Å². The van der Waals surface area contributed by atoms with Gasteiger partial charge in [0.1, 0.15) is 11.8 Å². The highest BCUT2D eigenvalue weighted by atomic mass is 35.5. The van der Waals surface area contributed by atoms with Crippen molar-refractivity contribution in [1.82, 2.24) is 4.90 Å². The number of rotatable bonds is 6. The molecule has 1 aromatic carbocycles. The van der Waals surface area contributed by atoms with Crippen molar-refractivity contribution < 1.29 is 14.6 Å². The van der Waals surface area contributed by atoms with Crippen molar-refractivity contribution in [3.63, 3.8) is 0 Å². The number of carboxylic acid groups (broad SMARTS) is 1. The lowest BCUT2D eigenvalue weighted by molar-refractivity contribution is -0.142. The van der Waals surface area contributed by atoms with Crippen molar-refractivity contribution in [1.29, 1.82) is 0 Å². The van der Waals surface area contributed by atoms with Gasteiger partial charge in [-0.15, -0.1) is 0 Å². The van der Waals surface area contributed by atoms with E-state index in [0.717, 1.165) is 38.1 Å². The molecule has 0 aromatic heterocycles. The van der Waals surface area contributed by atoms with Crippen molar-refractivity contribution in [2.75, 3.05) is 19.7 Å². The number of benzene rings is 1. The molecule has 1 aromatic rings. The molecule has 0 radical (unpaired) electrons. The molecule has 1 heterocycles. The molecule has 0 spiro atoms. The second-order valence-corrected chi connectivity index (χ2v) is 5.13. The predicted octanol–water partition coefficient (Wildman–Crippen LogP) is 2.66. The molecule has 2 rings (SSSR count). The van der Waals surface area contributed by atoms with Gasteiger partial charge in [-0.3, -0.25) is 9.69 Å². The van der Waals surface area contributed by atoms with Crippen LogP contribution < -0.4 is 4.74 Å². The van der Waals surface area contributed by atoms with Gasteiger partial charge in [-0.05, 0) is 44.0 Å². The van der Waals surface area contributed by atoms with Gasteiger partial charge in [0.2, 0.25) is 0 Å². The first-order valence-corrected chi connectivity index (χ1v) is 6.90. The van der Waals surface area contributed by atoms with Crippen LogP contribution >= 0.6 is 11.6 Å². The molecule has 1 aliphatic rings. The second kappa shape index (κ2) is 6.78. The van der Waals surface area contributed by atoms with Gasteiger partial charge in [0.05, 0.1) is 6.61 Å². The van der Waals surface area contributed by atoms with Crippen LogP contribution in [0.2, 0.25) is 5.02 Å². The summed E-state index contributed by atoms with van der Waals surface area (Å²) in [4.78, 5) is 13.0. The number of hydrogen-bond donors (Lipinski definition) is 1. The van der Waals surface area contributed by atoms with E-state index in [4.69, 9.17) is 21.4 Å². The Labute approximate surface area is 117 Å². The van der Waals surface area contributed by atoms with Crippen LogP contribution in [0.15, 0.2) is 24.3 Å². The summed E-state index contributed by atoms with van der Waals surface area (Å²) >= 11 is 5.86. The second-order valence-electron chi connectivity index (χ2n) is 4.69. The smallest absolute Gasteiger partial charge is 0.320 e. The summed E-state index contributed by atoms with van der Waals surface area (Å²) in [6.45, 7) is 2.20. The van der Waals surface area contributed by atoms with E-state index in [-0.39, 0.29) is 6.04 Å². The molecule has 19 heavy (non-hydrogen) atoms. The minimum Gasteiger partial charge on any atom is -0.493 e. The fourth-order valence-electron chi connectivity index (χ4n) is 2.39. The van der Waals surface area contributed by atoms with Gasteiger partial charge < -0.3 is 9.84 Å². The van der Waals surface area contributed by atoms with Crippen molar-refractivity contribution in [2.45, 2.75) is 25.3 Å². The maximum absolute atomic E-state index is 11.0. The first kappa shape index (κ1) is 14.2. The molecule has 104 valence electrons. The number of nitrogens with zero attached hydrogens (tertiary/aromatic N) is 1. The molecule has 1 aliphatic heterocycles. The van der Waals surface area contributed by atoms with E-state index in [9.17, 15) is 4.79 Å². The zero-order valence-corrected chi connectivity index (χ0v) is 11.5. The Bertz CT molecular complexity index is 438. The Hall–Kier alpha value is -1.26. The lowest BCUT2D eigenvalue weighted by atomic mass is 10.2. The van der Waals surface area contributed by atoms with Crippen molar-refractivity contribution in [3.8, 4) is 5.75 Å². The molecule has 0 aliphatic carbocycles. The summed E-state index contributed by atoms with van der Waals surface area (Å²) in [5.74, 6) is 0.0389. The van der Waals surface area contributed by atoms with Crippen LogP contribution in [0.5, 0.6) is 5.75 Å². The molecule has 1 atom stereocenters. The van der Waals surface area contributed by atoms with Crippen LogP contribution in [0.1, 0.15) is 19.3 Å². The highest BCUT2D eigenvalue weighted by Crippen LogP contribution is 2.19. The third kappa shape index (κ3) is 4.11. The quantitative estimate of drug-likeness (QED) is 0.816. The number of halogens is 1. The van der Waals surface area contributed by atoms with Gasteiger partial charge in [-0.25, -0.2) is 0 Å². The minimum absolute atomic E-state index is 0.314. The van der Waals surface area contributed by atoms with Crippen LogP contribution in [0.3, 0.4) is 0 Å². The normalized spacial score (nSPS) is 19.5. The zero-order valence-electron chi connectivity index (χ0n) is 10.7. The molecule has 0 saturated carbocycles. The number of carbonyl (C=O) groups is 1. The van der Waals surface area contributed by atoms with Crippen molar-refractivity contribution in [3.05, 3.63) is 29.3 Å². The van der Waals surface area contributed by atoms with Gasteiger partial charge in [-0.2, -0.15) is 0 Å². The summed E-state index contributed by atoms with van der Waals surface area (Å²) < 4.78 is 5.58. The molecular weight excluding hydrogens is 266 g/mol. The summed E-state index contributed by atoms with van der Waals surface area (Å²) in [5.41, 5.74) is 0. The van der Waals surface area contributed by atoms with Crippen molar-refractivity contribution in [2.24, 2.45) is 0 Å². The molecule has 1 unspecified atom stereocenters. The number of likely N-dealkylation sites (tertiary alicyclic amines) is 1. The molecular formula is C14H18ClNO3. The number of carboxylic acids is 1. The SMILES string of the molecule is O=C(O)C1CCCN1CCCOc1cccc(Cl)c1. The lowest BCUT2D eigenvalue weighted by Gasteiger charge is -2.20. The van der Waals surface area contributed by atoms with E-state index >= 15 is 0 Å². The highest BCUT2D eigenvalue weighted by molar-refractivity contribution is 6.30. The van der Waals surface area contributed by atoms with E-state index in [0.29, 0.717) is 11.6 Å². The third-order valence-electron chi connectivity index (χ3n) is 3.30. The number of hydrogen-bond acceptors (Lipinski definition) is 3. The van der Waals surface area contributed by atoms with Gasteiger partial charge in [-0.1, -0.05) is 17.7 Å². The van der Waals surface area contributed by atoms with E-state index < -0.39 is 5.97 Å². The molecule has 1 saturated heterocycles. The van der Waals surface area contributed by atoms with E-state index in [1.807, 2.05) is 17.0 Å². The molecule has 0 amide bonds. The molecule has 4 nitrogen and oxygen atoms in total. The van der Waals surface area contributed by atoms with Crippen LogP contribution in [0.25, 0.3) is 0 Å². The monoisotopic (exact) mass is 283 g/mol. The molecule has 0 bridgehead atoms. The Morgan fingerprint density at radius 2 is 2.37 bits per heavy atom. The van der Waals surface area contributed by atoms with E-state index in [2.05, 4.69) is 0 Å². The van der Waals surface area contributed by atoms with Crippen LogP contribution in [-0.4, -0.2) is 41.7 Å². The number of ether oxygens (including phenoxy) is 1. The highest BCUT2D eigenvalue weighted by Gasteiger charge is 2.29. The summed E-state index contributed by atoms with van der Waals surface area (Å²) in [6.07, 6.45) is 2.53. The maximum Gasteiger partial charge on any atom is 0.320 e. The molecule has 1 fully saturated rings. The van der Waals surface area contributed by atoms with Gasteiger partial charge in [0.15, 0.2) is 0 Å². The average Bonchev–Trinajstić information content (AvgIpc) is 2.83. The third-order valence-corrected chi connectivity index (χ3v) is 3.54. The fourth-order valence-corrected chi connectivity index (χ4v) is 2.57. The Balaban J connectivity index is 1.71.